The zero-order chi connectivity index (χ0) is 14.7. The van der Waals surface area contributed by atoms with Gasteiger partial charge in [0, 0.05) is 5.69 Å². The predicted octanol–water partition coefficient (Wildman–Crippen LogP) is 3.38. The fourth-order valence-electron chi connectivity index (χ4n) is 2.29. The number of carbonyl (C=O) groups is 1. The third-order valence-corrected chi connectivity index (χ3v) is 3.46. The second-order valence-corrected chi connectivity index (χ2v) is 5.14. The summed E-state index contributed by atoms with van der Waals surface area (Å²) in [6.07, 6.45) is 0. The number of benzene rings is 2. The van der Waals surface area contributed by atoms with Gasteiger partial charge in [-0.15, -0.1) is 0 Å². The molecule has 2 aromatic carbocycles. The number of nitrogens with two attached hydrogens (primary N) is 1. The summed E-state index contributed by atoms with van der Waals surface area (Å²) in [4.78, 5) is 12.3. The first kappa shape index (κ1) is 14.1. The number of nitrogen functional groups attached to an aromatic ring is 1. The lowest BCUT2D eigenvalue weighted by Crippen LogP contribution is -2.27. The van der Waals surface area contributed by atoms with Gasteiger partial charge in [-0.05, 0) is 44.0 Å². The lowest BCUT2D eigenvalue weighted by Gasteiger charge is -2.17. The highest BCUT2D eigenvalue weighted by atomic mass is 16.1. The number of amides is 1. The van der Waals surface area contributed by atoms with Gasteiger partial charge in [0.25, 0.3) is 5.91 Å². The Morgan fingerprint density at radius 1 is 1.15 bits per heavy atom. The van der Waals surface area contributed by atoms with Crippen molar-refractivity contribution in [2.75, 3.05) is 5.73 Å². The van der Waals surface area contributed by atoms with E-state index in [1.165, 1.54) is 0 Å². The van der Waals surface area contributed by atoms with Gasteiger partial charge in [-0.2, -0.15) is 0 Å². The van der Waals surface area contributed by atoms with E-state index >= 15 is 0 Å². The van der Waals surface area contributed by atoms with E-state index in [9.17, 15) is 4.79 Å². The van der Waals surface area contributed by atoms with Crippen molar-refractivity contribution >= 4 is 11.6 Å². The SMILES string of the molecule is Cc1ccc(N)c(C(=O)NC(C)c2ccccc2C)c1. The molecule has 2 rings (SSSR count). The van der Waals surface area contributed by atoms with E-state index in [4.69, 9.17) is 5.73 Å². The van der Waals surface area contributed by atoms with E-state index < -0.39 is 0 Å². The number of hydrogen-bond acceptors (Lipinski definition) is 2. The van der Waals surface area contributed by atoms with Crippen molar-refractivity contribution in [1.82, 2.24) is 5.32 Å². The molecule has 0 radical (unpaired) electrons. The van der Waals surface area contributed by atoms with Crippen LogP contribution in [0.2, 0.25) is 0 Å². The van der Waals surface area contributed by atoms with E-state index in [1.807, 2.05) is 57.2 Å². The molecule has 1 atom stereocenters. The van der Waals surface area contributed by atoms with Crippen LogP contribution < -0.4 is 11.1 Å². The predicted molar refractivity (Wildman–Crippen MR) is 82.7 cm³/mol. The molecule has 3 nitrogen and oxygen atoms in total. The van der Waals surface area contributed by atoms with Gasteiger partial charge in [-0.1, -0.05) is 35.9 Å². The van der Waals surface area contributed by atoms with Gasteiger partial charge in [0.05, 0.1) is 11.6 Å². The van der Waals surface area contributed by atoms with Crippen LogP contribution in [0.1, 0.15) is 40.0 Å². The maximum absolute atomic E-state index is 12.3. The van der Waals surface area contributed by atoms with Crippen molar-refractivity contribution in [1.29, 1.82) is 0 Å². The molecule has 0 heterocycles. The van der Waals surface area contributed by atoms with Crippen LogP contribution in [0.4, 0.5) is 5.69 Å². The van der Waals surface area contributed by atoms with Crippen LogP contribution >= 0.6 is 0 Å². The van der Waals surface area contributed by atoms with E-state index in [1.54, 1.807) is 6.07 Å². The largest absolute Gasteiger partial charge is 0.398 e. The summed E-state index contributed by atoms with van der Waals surface area (Å²) in [5.74, 6) is -0.137. The minimum Gasteiger partial charge on any atom is -0.398 e. The molecular formula is C17H20N2O. The molecule has 0 saturated heterocycles. The van der Waals surface area contributed by atoms with Gasteiger partial charge in [0.15, 0.2) is 0 Å². The van der Waals surface area contributed by atoms with Gasteiger partial charge in [-0.3, -0.25) is 4.79 Å². The molecule has 0 saturated carbocycles. The lowest BCUT2D eigenvalue weighted by atomic mass is 10.0. The summed E-state index contributed by atoms with van der Waals surface area (Å²) < 4.78 is 0. The Balaban J connectivity index is 2.20. The number of hydrogen-bond donors (Lipinski definition) is 2. The Hall–Kier alpha value is -2.29. The summed E-state index contributed by atoms with van der Waals surface area (Å²) in [5, 5.41) is 3.00. The first-order valence-electron chi connectivity index (χ1n) is 6.71. The van der Waals surface area contributed by atoms with Crippen molar-refractivity contribution in [2.45, 2.75) is 26.8 Å². The van der Waals surface area contributed by atoms with Gasteiger partial charge in [-0.25, -0.2) is 0 Å². The van der Waals surface area contributed by atoms with Gasteiger partial charge < -0.3 is 11.1 Å². The molecule has 0 fully saturated rings. The van der Waals surface area contributed by atoms with Crippen LogP contribution in [0.15, 0.2) is 42.5 Å². The highest BCUT2D eigenvalue weighted by molar-refractivity contribution is 5.99. The van der Waals surface area contributed by atoms with Gasteiger partial charge in [0.1, 0.15) is 0 Å². The summed E-state index contributed by atoms with van der Waals surface area (Å²) in [7, 11) is 0. The van der Waals surface area contributed by atoms with E-state index in [2.05, 4.69) is 5.32 Å². The minimum atomic E-state index is -0.137. The summed E-state index contributed by atoms with van der Waals surface area (Å²) in [5.41, 5.74) is 10.2. The maximum Gasteiger partial charge on any atom is 0.253 e. The minimum absolute atomic E-state index is 0.0522. The molecule has 0 bridgehead atoms. The smallest absolute Gasteiger partial charge is 0.253 e. The van der Waals surface area contributed by atoms with Gasteiger partial charge >= 0.3 is 0 Å². The van der Waals surface area contributed by atoms with Crippen LogP contribution in [0, 0.1) is 13.8 Å². The first-order valence-corrected chi connectivity index (χ1v) is 6.71. The van der Waals surface area contributed by atoms with Crippen molar-refractivity contribution in [3.05, 3.63) is 64.7 Å². The molecular weight excluding hydrogens is 248 g/mol. The molecule has 20 heavy (non-hydrogen) atoms. The molecule has 2 aromatic rings. The first-order chi connectivity index (χ1) is 9.49. The average Bonchev–Trinajstić information content (AvgIpc) is 2.41. The quantitative estimate of drug-likeness (QED) is 0.838. The molecule has 104 valence electrons. The van der Waals surface area contributed by atoms with E-state index in [0.717, 1.165) is 16.7 Å². The highest BCUT2D eigenvalue weighted by Crippen LogP contribution is 2.19. The fourth-order valence-corrected chi connectivity index (χ4v) is 2.29. The van der Waals surface area contributed by atoms with Crippen LogP contribution in [-0.2, 0) is 0 Å². The standard InChI is InChI=1S/C17H20N2O/c1-11-8-9-16(18)15(10-11)17(20)19-13(3)14-7-5-4-6-12(14)2/h4-10,13H,18H2,1-3H3,(H,19,20). The zero-order valence-electron chi connectivity index (χ0n) is 12.1. The van der Waals surface area contributed by atoms with Crippen molar-refractivity contribution in [3.8, 4) is 0 Å². The molecule has 1 unspecified atom stereocenters. The summed E-state index contributed by atoms with van der Waals surface area (Å²) in [6, 6.07) is 13.5. The Bertz CT molecular complexity index is 635. The Morgan fingerprint density at radius 2 is 1.85 bits per heavy atom. The van der Waals surface area contributed by atoms with Crippen LogP contribution in [0.25, 0.3) is 0 Å². The molecule has 0 aliphatic heterocycles. The molecule has 3 N–H and O–H groups in total. The number of aryl methyl sites for hydroxylation is 2. The summed E-state index contributed by atoms with van der Waals surface area (Å²) in [6.45, 7) is 5.96. The normalized spacial score (nSPS) is 11.9. The molecule has 0 aliphatic rings. The van der Waals surface area contributed by atoms with E-state index in [0.29, 0.717) is 11.3 Å². The zero-order valence-corrected chi connectivity index (χ0v) is 12.1. The fraction of sp³-hybridized carbons (Fsp3) is 0.235. The third-order valence-electron chi connectivity index (χ3n) is 3.46. The Kier molecular flexibility index (Phi) is 4.08. The van der Waals surface area contributed by atoms with Crippen molar-refractivity contribution < 1.29 is 4.79 Å². The lowest BCUT2D eigenvalue weighted by molar-refractivity contribution is 0.0940. The monoisotopic (exact) mass is 268 g/mol. The average molecular weight is 268 g/mol. The van der Waals surface area contributed by atoms with Crippen molar-refractivity contribution in [3.63, 3.8) is 0 Å². The second-order valence-electron chi connectivity index (χ2n) is 5.14. The molecule has 1 amide bonds. The van der Waals surface area contributed by atoms with Crippen LogP contribution in [0.5, 0.6) is 0 Å². The Labute approximate surface area is 119 Å². The summed E-state index contributed by atoms with van der Waals surface area (Å²) >= 11 is 0. The topological polar surface area (TPSA) is 55.1 Å². The highest BCUT2D eigenvalue weighted by Gasteiger charge is 2.14. The number of rotatable bonds is 3. The second kappa shape index (κ2) is 5.78. The van der Waals surface area contributed by atoms with Crippen LogP contribution in [0.3, 0.4) is 0 Å². The number of carbonyl (C=O) groups excluding carboxylic acids is 1. The maximum atomic E-state index is 12.3. The molecule has 0 spiro atoms. The number of nitrogens with one attached hydrogen (secondary N) is 1. The number of anilines is 1. The molecule has 0 aliphatic carbocycles. The van der Waals surface area contributed by atoms with Crippen molar-refractivity contribution in [2.24, 2.45) is 0 Å². The van der Waals surface area contributed by atoms with E-state index in [-0.39, 0.29) is 11.9 Å². The van der Waals surface area contributed by atoms with Crippen LogP contribution in [-0.4, -0.2) is 5.91 Å². The Morgan fingerprint density at radius 3 is 2.55 bits per heavy atom. The van der Waals surface area contributed by atoms with Gasteiger partial charge in [0.2, 0.25) is 0 Å². The molecule has 0 aromatic heterocycles. The molecule has 3 heteroatoms. The third kappa shape index (κ3) is 2.99.